The summed E-state index contributed by atoms with van der Waals surface area (Å²) in [5.41, 5.74) is 0.980. The average Bonchev–Trinajstić information content (AvgIpc) is 2.88. The molecule has 1 aromatic carbocycles. The quantitative estimate of drug-likeness (QED) is 0.892. The SMILES string of the molecule is COc1ncc(CN2C[C@@H](O)[C@H](Oc3ccccc3)C2)cn1. The number of aliphatic hydroxyl groups excluding tert-OH is 1. The van der Waals surface area contributed by atoms with Gasteiger partial charge in [0.05, 0.1) is 7.11 Å². The van der Waals surface area contributed by atoms with Crippen LogP contribution in [0.5, 0.6) is 11.8 Å². The number of aromatic nitrogens is 2. The number of nitrogens with zero attached hydrogens (tertiary/aromatic N) is 3. The fourth-order valence-electron chi connectivity index (χ4n) is 2.54. The molecule has 1 saturated heterocycles. The molecule has 0 aliphatic carbocycles. The smallest absolute Gasteiger partial charge is 0.316 e. The molecule has 6 nitrogen and oxygen atoms in total. The lowest BCUT2D eigenvalue weighted by Crippen LogP contribution is -2.29. The Labute approximate surface area is 129 Å². The molecule has 1 fully saturated rings. The van der Waals surface area contributed by atoms with Crippen LogP contribution in [-0.4, -0.2) is 52.4 Å². The van der Waals surface area contributed by atoms with Gasteiger partial charge in [-0.25, -0.2) is 9.97 Å². The molecule has 0 radical (unpaired) electrons. The Balaban J connectivity index is 1.58. The molecule has 3 rings (SSSR count). The van der Waals surface area contributed by atoms with Gasteiger partial charge in [0.15, 0.2) is 0 Å². The van der Waals surface area contributed by atoms with Gasteiger partial charge in [0.2, 0.25) is 0 Å². The topological polar surface area (TPSA) is 67.7 Å². The Morgan fingerprint density at radius 2 is 1.91 bits per heavy atom. The molecule has 0 amide bonds. The van der Waals surface area contributed by atoms with Crippen molar-refractivity contribution in [2.45, 2.75) is 18.8 Å². The molecule has 0 unspecified atom stereocenters. The number of para-hydroxylation sites is 1. The minimum Gasteiger partial charge on any atom is -0.486 e. The summed E-state index contributed by atoms with van der Waals surface area (Å²) in [7, 11) is 1.54. The summed E-state index contributed by atoms with van der Waals surface area (Å²) in [6.45, 7) is 1.92. The van der Waals surface area contributed by atoms with Gasteiger partial charge in [-0.1, -0.05) is 18.2 Å². The molecule has 6 heteroatoms. The van der Waals surface area contributed by atoms with E-state index in [2.05, 4.69) is 14.9 Å². The van der Waals surface area contributed by atoms with Crippen molar-refractivity contribution < 1.29 is 14.6 Å². The summed E-state index contributed by atoms with van der Waals surface area (Å²) in [4.78, 5) is 10.3. The zero-order valence-electron chi connectivity index (χ0n) is 12.4. The monoisotopic (exact) mass is 301 g/mol. The number of β-amino-alcohol motifs (C(OH)–C–C–N with tert-alkyl or cyclic N) is 1. The maximum absolute atomic E-state index is 10.2. The Hall–Kier alpha value is -2.18. The van der Waals surface area contributed by atoms with Gasteiger partial charge in [0.1, 0.15) is 18.0 Å². The number of methoxy groups -OCH3 is 1. The summed E-state index contributed by atoms with van der Waals surface area (Å²) in [5, 5.41) is 10.2. The van der Waals surface area contributed by atoms with E-state index in [1.165, 1.54) is 7.11 Å². The Morgan fingerprint density at radius 1 is 1.18 bits per heavy atom. The zero-order valence-corrected chi connectivity index (χ0v) is 12.4. The van der Waals surface area contributed by atoms with Gasteiger partial charge < -0.3 is 14.6 Å². The lowest BCUT2D eigenvalue weighted by molar-refractivity contribution is 0.0737. The van der Waals surface area contributed by atoms with Gasteiger partial charge in [-0.05, 0) is 12.1 Å². The highest BCUT2D eigenvalue weighted by Crippen LogP contribution is 2.20. The van der Waals surface area contributed by atoms with Crippen LogP contribution in [-0.2, 0) is 6.54 Å². The van der Waals surface area contributed by atoms with E-state index in [-0.39, 0.29) is 6.10 Å². The first-order chi connectivity index (χ1) is 10.7. The van der Waals surface area contributed by atoms with Crippen LogP contribution >= 0.6 is 0 Å². The molecule has 116 valence electrons. The predicted molar refractivity (Wildman–Crippen MR) is 80.7 cm³/mol. The van der Waals surface area contributed by atoms with Gasteiger partial charge in [-0.15, -0.1) is 0 Å². The largest absolute Gasteiger partial charge is 0.486 e. The van der Waals surface area contributed by atoms with Crippen molar-refractivity contribution in [2.75, 3.05) is 20.2 Å². The number of hydrogen-bond acceptors (Lipinski definition) is 6. The second-order valence-electron chi connectivity index (χ2n) is 5.31. The zero-order chi connectivity index (χ0) is 15.4. The number of ether oxygens (including phenoxy) is 2. The Morgan fingerprint density at radius 3 is 2.59 bits per heavy atom. The molecule has 2 atom stereocenters. The first kappa shape index (κ1) is 14.7. The number of likely N-dealkylation sites (tertiary alicyclic amines) is 1. The van der Waals surface area contributed by atoms with Crippen LogP contribution in [0.15, 0.2) is 42.7 Å². The molecule has 0 saturated carbocycles. The van der Waals surface area contributed by atoms with E-state index >= 15 is 0 Å². The first-order valence-corrected chi connectivity index (χ1v) is 7.21. The van der Waals surface area contributed by atoms with Crippen molar-refractivity contribution in [1.29, 1.82) is 0 Å². The highest BCUT2D eigenvalue weighted by atomic mass is 16.5. The van der Waals surface area contributed by atoms with Crippen molar-refractivity contribution >= 4 is 0 Å². The van der Waals surface area contributed by atoms with Crippen LogP contribution in [0.1, 0.15) is 5.56 Å². The number of rotatable bonds is 5. The van der Waals surface area contributed by atoms with E-state index in [4.69, 9.17) is 9.47 Å². The highest BCUT2D eigenvalue weighted by molar-refractivity contribution is 5.21. The summed E-state index contributed by atoms with van der Waals surface area (Å²) >= 11 is 0. The second kappa shape index (κ2) is 6.72. The third-order valence-corrected chi connectivity index (χ3v) is 3.61. The normalized spacial score (nSPS) is 21.7. The lowest BCUT2D eigenvalue weighted by atomic mass is 10.2. The van der Waals surface area contributed by atoms with Gasteiger partial charge >= 0.3 is 6.01 Å². The van der Waals surface area contributed by atoms with Gasteiger partial charge in [-0.2, -0.15) is 0 Å². The van der Waals surface area contributed by atoms with E-state index in [0.29, 0.717) is 25.6 Å². The molecule has 22 heavy (non-hydrogen) atoms. The van der Waals surface area contributed by atoms with E-state index in [9.17, 15) is 5.11 Å². The average molecular weight is 301 g/mol. The van der Waals surface area contributed by atoms with Crippen molar-refractivity contribution in [1.82, 2.24) is 14.9 Å². The standard InChI is InChI=1S/C16H19N3O3/c1-21-16-17-7-12(8-18-16)9-19-10-14(20)15(11-19)22-13-5-3-2-4-6-13/h2-8,14-15,20H,9-11H2,1H3/t14-,15-/m1/s1. The van der Waals surface area contributed by atoms with Crippen LogP contribution in [0, 0.1) is 0 Å². The van der Waals surface area contributed by atoms with E-state index in [0.717, 1.165) is 11.3 Å². The minimum atomic E-state index is -0.501. The van der Waals surface area contributed by atoms with Crippen molar-refractivity contribution in [3.05, 3.63) is 48.3 Å². The Bertz CT molecular complexity index is 591. The third-order valence-electron chi connectivity index (χ3n) is 3.61. The van der Waals surface area contributed by atoms with Crippen LogP contribution in [0.2, 0.25) is 0 Å². The van der Waals surface area contributed by atoms with Gasteiger partial charge in [0, 0.05) is 37.6 Å². The minimum absolute atomic E-state index is 0.221. The molecule has 0 spiro atoms. The van der Waals surface area contributed by atoms with E-state index in [1.54, 1.807) is 12.4 Å². The number of hydrogen-bond donors (Lipinski definition) is 1. The Kier molecular flexibility index (Phi) is 4.50. The molecule has 1 aliphatic rings. The fraction of sp³-hybridized carbons (Fsp3) is 0.375. The van der Waals surface area contributed by atoms with Crippen molar-refractivity contribution in [3.8, 4) is 11.8 Å². The highest BCUT2D eigenvalue weighted by Gasteiger charge is 2.33. The summed E-state index contributed by atoms with van der Waals surface area (Å²) in [5.74, 6) is 0.779. The molecular formula is C16H19N3O3. The first-order valence-electron chi connectivity index (χ1n) is 7.21. The second-order valence-corrected chi connectivity index (χ2v) is 5.31. The summed E-state index contributed by atoms with van der Waals surface area (Å²) in [6, 6.07) is 9.93. The molecule has 0 bridgehead atoms. The van der Waals surface area contributed by atoms with E-state index in [1.807, 2.05) is 30.3 Å². The molecule has 1 aromatic heterocycles. The summed E-state index contributed by atoms with van der Waals surface area (Å²) < 4.78 is 10.8. The van der Waals surface area contributed by atoms with Crippen molar-refractivity contribution in [3.63, 3.8) is 0 Å². The fourth-order valence-corrected chi connectivity index (χ4v) is 2.54. The van der Waals surface area contributed by atoms with Crippen LogP contribution in [0.4, 0.5) is 0 Å². The maximum atomic E-state index is 10.2. The predicted octanol–water partition coefficient (Wildman–Crippen LogP) is 1.11. The molecule has 2 aromatic rings. The number of aliphatic hydroxyl groups is 1. The van der Waals surface area contributed by atoms with Crippen molar-refractivity contribution in [2.24, 2.45) is 0 Å². The van der Waals surface area contributed by atoms with E-state index < -0.39 is 6.10 Å². The lowest BCUT2D eigenvalue weighted by Gasteiger charge is -2.17. The molecule has 1 aliphatic heterocycles. The van der Waals surface area contributed by atoms with Crippen LogP contribution < -0.4 is 9.47 Å². The molecular weight excluding hydrogens is 282 g/mol. The van der Waals surface area contributed by atoms with Gasteiger partial charge in [0.25, 0.3) is 0 Å². The van der Waals surface area contributed by atoms with Crippen LogP contribution in [0.25, 0.3) is 0 Å². The molecule has 2 heterocycles. The number of benzene rings is 1. The van der Waals surface area contributed by atoms with Crippen LogP contribution in [0.3, 0.4) is 0 Å². The third kappa shape index (κ3) is 3.52. The molecule has 1 N–H and O–H groups in total. The van der Waals surface area contributed by atoms with Gasteiger partial charge in [-0.3, -0.25) is 4.90 Å². The maximum Gasteiger partial charge on any atom is 0.316 e. The summed E-state index contributed by atoms with van der Waals surface area (Å²) in [6.07, 6.45) is 2.76.